The average Bonchev–Trinajstić information content (AvgIpc) is 2.97. The van der Waals surface area contributed by atoms with Crippen LogP contribution in [0.5, 0.6) is 0 Å². The molecule has 0 unspecified atom stereocenters. The predicted octanol–water partition coefficient (Wildman–Crippen LogP) is 3.94. The summed E-state index contributed by atoms with van der Waals surface area (Å²) in [4.78, 5) is 28.0. The maximum Gasteiger partial charge on any atom is 0.264 e. The van der Waals surface area contributed by atoms with Gasteiger partial charge in [0.25, 0.3) is 5.91 Å². The Balaban J connectivity index is 1.74. The van der Waals surface area contributed by atoms with Gasteiger partial charge >= 0.3 is 0 Å². The molecule has 4 nitrogen and oxygen atoms in total. The van der Waals surface area contributed by atoms with Crippen molar-refractivity contribution in [2.75, 3.05) is 4.90 Å². The van der Waals surface area contributed by atoms with Crippen LogP contribution in [0, 0.1) is 5.92 Å². The van der Waals surface area contributed by atoms with Crippen LogP contribution in [0.25, 0.3) is 0 Å². The number of hydrogen-bond acceptors (Lipinski definition) is 3. The second-order valence-corrected chi connectivity index (χ2v) is 7.11. The quantitative estimate of drug-likeness (QED) is 0.691. The third-order valence-corrected chi connectivity index (χ3v) is 5.44. The van der Waals surface area contributed by atoms with Crippen LogP contribution in [0.15, 0.2) is 84.9 Å². The highest BCUT2D eigenvalue weighted by molar-refractivity contribution is 6.11. The van der Waals surface area contributed by atoms with E-state index in [1.54, 1.807) is 48.2 Å². The number of aliphatic hydroxyl groups is 1. The van der Waals surface area contributed by atoms with E-state index in [4.69, 9.17) is 0 Å². The van der Waals surface area contributed by atoms with Crippen LogP contribution in [-0.4, -0.2) is 16.8 Å². The molecule has 1 heterocycles. The van der Waals surface area contributed by atoms with Gasteiger partial charge in [0.05, 0.1) is 18.2 Å². The second kappa shape index (κ2) is 7.06. The summed E-state index contributed by atoms with van der Waals surface area (Å²) in [5.41, 5.74) is 0.671. The molecule has 0 bridgehead atoms. The van der Waals surface area contributed by atoms with Crippen molar-refractivity contribution in [1.29, 1.82) is 0 Å². The maximum atomic E-state index is 13.4. The maximum absolute atomic E-state index is 13.4. The Morgan fingerprint density at radius 2 is 1.50 bits per heavy atom. The van der Waals surface area contributed by atoms with Gasteiger partial charge in [-0.25, -0.2) is 0 Å². The molecule has 0 fully saturated rings. The number of fused-ring (bicyclic) bond motifs is 1. The fourth-order valence-corrected chi connectivity index (χ4v) is 3.85. The normalized spacial score (nSPS) is 19.4. The Labute approximate surface area is 164 Å². The number of amides is 1. The third-order valence-electron chi connectivity index (χ3n) is 5.44. The molecule has 4 heteroatoms. The van der Waals surface area contributed by atoms with Crippen molar-refractivity contribution in [2.24, 2.45) is 5.92 Å². The first-order chi connectivity index (χ1) is 13.5. The number of hydrogen-bond donors (Lipinski definition) is 1. The number of benzene rings is 3. The molecule has 0 spiro atoms. The zero-order valence-electron chi connectivity index (χ0n) is 15.6. The summed E-state index contributed by atoms with van der Waals surface area (Å²) in [6, 6.07) is 25.6. The van der Waals surface area contributed by atoms with Gasteiger partial charge in [-0.3, -0.25) is 9.59 Å². The molecule has 0 aliphatic carbocycles. The minimum Gasteiger partial charge on any atom is -0.375 e. The number of carbonyl (C=O) groups excluding carboxylic acids is 2. The molecule has 4 rings (SSSR count). The smallest absolute Gasteiger partial charge is 0.264 e. The van der Waals surface area contributed by atoms with Gasteiger partial charge in [0.2, 0.25) is 0 Å². The molecular weight excluding hydrogens is 350 g/mol. The monoisotopic (exact) mass is 371 g/mol. The molecule has 0 saturated heterocycles. The van der Waals surface area contributed by atoms with Crippen molar-refractivity contribution in [1.82, 2.24) is 0 Å². The second-order valence-electron chi connectivity index (χ2n) is 7.11. The van der Waals surface area contributed by atoms with Gasteiger partial charge in [-0.15, -0.1) is 0 Å². The zero-order valence-corrected chi connectivity index (χ0v) is 15.6. The van der Waals surface area contributed by atoms with E-state index in [9.17, 15) is 14.7 Å². The highest BCUT2D eigenvalue weighted by Crippen LogP contribution is 2.46. The summed E-state index contributed by atoms with van der Waals surface area (Å²) in [6.45, 7) is 1.96. The van der Waals surface area contributed by atoms with E-state index >= 15 is 0 Å². The lowest BCUT2D eigenvalue weighted by Gasteiger charge is -2.28. The fraction of sp³-hybridized carbons (Fsp3) is 0.167. The van der Waals surface area contributed by atoms with E-state index in [0.29, 0.717) is 23.4 Å². The van der Waals surface area contributed by atoms with Crippen LogP contribution < -0.4 is 4.90 Å². The zero-order chi connectivity index (χ0) is 19.7. The lowest BCUT2D eigenvalue weighted by Crippen LogP contribution is -2.47. The number of carbonyl (C=O) groups is 2. The van der Waals surface area contributed by atoms with E-state index in [1.807, 2.05) is 48.5 Å². The minimum atomic E-state index is -1.89. The summed E-state index contributed by atoms with van der Waals surface area (Å²) >= 11 is 0. The number of para-hydroxylation sites is 1. The first kappa shape index (κ1) is 18.1. The van der Waals surface area contributed by atoms with E-state index < -0.39 is 17.4 Å². The Morgan fingerprint density at radius 3 is 2.18 bits per heavy atom. The summed E-state index contributed by atoms with van der Waals surface area (Å²) in [6.07, 6.45) is 0. The fourth-order valence-electron chi connectivity index (χ4n) is 3.85. The summed E-state index contributed by atoms with van der Waals surface area (Å²) in [5.74, 6) is -1.63. The molecule has 1 aliphatic rings. The number of Topliss-reactive ketones (excluding diaryl/α,β-unsaturated/α-hetero) is 1. The van der Waals surface area contributed by atoms with Gasteiger partial charge in [-0.1, -0.05) is 85.8 Å². The van der Waals surface area contributed by atoms with Crippen LogP contribution >= 0.6 is 0 Å². The molecule has 28 heavy (non-hydrogen) atoms. The van der Waals surface area contributed by atoms with Crippen molar-refractivity contribution in [2.45, 2.75) is 19.1 Å². The van der Waals surface area contributed by atoms with Crippen molar-refractivity contribution >= 4 is 17.4 Å². The van der Waals surface area contributed by atoms with Crippen LogP contribution in [0.3, 0.4) is 0 Å². The molecule has 0 saturated carbocycles. The SMILES string of the molecule is C[C@H](C(=O)c1ccccc1)[C@]1(O)C(=O)N(Cc2ccccc2)c2ccccc21. The van der Waals surface area contributed by atoms with E-state index in [0.717, 1.165) is 5.56 Å². The van der Waals surface area contributed by atoms with Crippen LogP contribution in [-0.2, 0) is 16.9 Å². The number of anilines is 1. The molecule has 2 atom stereocenters. The number of rotatable bonds is 5. The third kappa shape index (κ3) is 2.83. The Kier molecular flexibility index (Phi) is 4.57. The van der Waals surface area contributed by atoms with E-state index in [-0.39, 0.29) is 5.78 Å². The highest BCUT2D eigenvalue weighted by Gasteiger charge is 2.55. The predicted molar refractivity (Wildman–Crippen MR) is 108 cm³/mol. The average molecular weight is 371 g/mol. The molecule has 1 aliphatic heterocycles. The number of ketones is 1. The lowest BCUT2D eigenvalue weighted by molar-refractivity contribution is -0.139. The standard InChI is InChI=1S/C24H21NO3/c1-17(22(26)19-12-6-3-7-13-19)24(28)20-14-8-9-15-21(20)25(23(24)27)16-18-10-4-2-5-11-18/h2-15,17,28H,16H2,1H3/t17-,24-/m1/s1. The largest absolute Gasteiger partial charge is 0.375 e. The number of nitrogens with zero attached hydrogens (tertiary/aromatic N) is 1. The first-order valence-electron chi connectivity index (χ1n) is 9.30. The van der Waals surface area contributed by atoms with Gasteiger partial charge in [-0.05, 0) is 11.6 Å². The van der Waals surface area contributed by atoms with Crippen LogP contribution in [0.2, 0.25) is 0 Å². The highest BCUT2D eigenvalue weighted by atomic mass is 16.3. The van der Waals surface area contributed by atoms with Gasteiger partial charge in [-0.2, -0.15) is 0 Å². The van der Waals surface area contributed by atoms with Crippen LogP contribution in [0.4, 0.5) is 5.69 Å². The Morgan fingerprint density at radius 1 is 0.929 bits per heavy atom. The van der Waals surface area contributed by atoms with Crippen molar-refractivity contribution in [3.63, 3.8) is 0 Å². The molecule has 0 aromatic heterocycles. The minimum absolute atomic E-state index is 0.257. The van der Waals surface area contributed by atoms with Crippen molar-refractivity contribution in [3.05, 3.63) is 102 Å². The topological polar surface area (TPSA) is 57.6 Å². The summed E-state index contributed by atoms with van der Waals surface area (Å²) in [5, 5.41) is 11.5. The van der Waals surface area contributed by atoms with Gasteiger partial charge in [0.1, 0.15) is 0 Å². The summed E-state index contributed by atoms with van der Waals surface area (Å²) in [7, 11) is 0. The molecule has 1 amide bonds. The molecule has 0 radical (unpaired) electrons. The lowest BCUT2D eigenvalue weighted by atomic mass is 9.79. The molecule has 3 aromatic carbocycles. The molecule has 140 valence electrons. The van der Waals surface area contributed by atoms with Gasteiger partial charge in [0.15, 0.2) is 11.4 Å². The van der Waals surface area contributed by atoms with Crippen molar-refractivity contribution < 1.29 is 14.7 Å². The molecular formula is C24H21NO3. The molecule has 3 aromatic rings. The van der Waals surface area contributed by atoms with Gasteiger partial charge in [0, 0.05) is 11.1 Å². The van der Waals surface area contributed by atoms with Crippen molar-refractivity contribution in [3.8, 4) is 0 Å². The Bertz CT molecular complexity index is 1020. The summed E-state index contributed by atoms with van der Waals surface area (Å²) < 4.78 is 0. The van der Waals surface area contributed by atoms with Gasteiger partial charge < -0.3 is 10.0 Å². The molecule has 1 N–H and O–H groups in total. The van der Waals surface area contributed by atoms with Crippen LogP contribution in [0.1, 0.15) is 28.4 Å². The van der Waals surface area contributed by atoms with E-state index in [2.05, 4.69) is 0 Å². The Hall–Kier alpha value is -3.24. The first-order valence-corrected chi connectivity index (χ1v) is 9.30. The van der Waals surface area contributed by atoms with E-state index in [1.165, 1.54) is 0 Å².